The summed E-state index contributed by atoms with van der Waals surface area (Å²) in [4.78, 5) is 6.53. The Morgan fingerprint density at radius 3 is 2.77 bits per heavy atom. The van der Waals surface area contributed by atoms with Crippen molar-refractivity contribution in [2.24, 2.45) is 0 Å². The zero-order valence-electron chi connectivity index (χ0n) is 17.5. The normalized spacial score (nSPS) is 18.0. The molecule has 2 aromatic rings. The molecule has 160 valence electrons. The second kappa shape index (κ2) is 9.32. The van der Waals surface area contributed by atoms with Gasteiger partial charge in [0.15, 0.2) is 0 Å². The van der Waals surface area contributed by atoms with E-state index in [9.17, 15) is 13.2 Å². The van der Waals surface area contributed by atoms with Crippen LogP contribution in [-0.2, 0) is 6.54 Å². The summed E-state index contributed by atoms with van der Waals surface area (Å²) in [7, 11) is 1.99. The van der Waals surface area contributed by atoms with Crippen molar-refractivity contribution in [3.63, 3.8) is 0 Å². The van der Waals surface area contributed by atoms with E-state index in [-0.39, 0.29) is 6.04 Å². The topological polar surface area (TPSA) is 34.0 Å². The molecule has 0 fully saturated rings. The lowest BCUT2D eigenvalue weighted by Crippen LogP contribution is -2.30. The van der Waals surface area contributed by atoms with Crippen LogP contribution in [0.25, 0.3) is 5.57 Å². The Hall–Kier alpha value is -2.83. The van der Waals surface area contributed by atoms with Gasteiger partial charge in [0.1, 0.15) is 5.82 Å². The standard InChI is InChI=1S/C23H27F3N4/c1-4-9-17(15-18(10-5-2)23(24,25)26)19-16-21-20(11-8-14-30(21)28-19)29(3)22-12-6-7-13-27-22/h4,6-7,9-10,12-13,15-16,20H,5,8,11,14H2,1-3H3/b9-4-,17-15+,18-10-. The first-order valence-electron chi connectivity index (χ1n) is 10.2. The number of anilines is 1. The summed E-state index contributed by atoms with van der Waals surface area (Å²) in [6.07, 6.45) is 5.36. The van der Waals surface area contributed by atoms with Crippen LogP contribution in [0.15, 0.2) is 60.3 Å². The smallest absolute Gasteiger partial charge is 0.351 e. The average Bonchev–Trinajstić information content (AvgIpc) is 3.16. The first kappa shape index (κ1) is 21.9. The van der Waals surface area contributed by atoms with E-state index >= 15 is 0 Å². The van der Waals surface area contributed by atoms with Gasteiger partial charge in [-0.2, -0.15) is 18.3 Å². The van der Waals surface area contributed by atoms with E-state index in [4.69, 9.17) is 0 Å². The second-order valence-electron chi connectivity index (χ2n) is 7.30. The number of hydrogen-bond acceptors (Lipinski definition) is 3. The van der Waals surface area contributed by atoms with Crippen LogP contribution in [0.2, 0.25) is 0 Å². The second-order valence-corrected chi connectivity index (χ2v) is 7.30. The lowest BCUT2D eigenvalue weighted by atomic mass is 10.0. The predicted octanol–water partition coefficient (Wildman–Crippen LogP) is 6.11. The molecule has 0 radical (unpaired) electrons. The van der Waals surface area contributed by atoms with Gasteiger partial charge in [-0.25, -0.2) is 4.98 Å². The van der Waals surface area contributed by atoms with Gasteiger partial charge in [-0.15, -0.1) is 0 Å². The average molecular weight is 416 g/mol. The molecule has 1 unspecified atom stereocenters. The van der Waals surface area contributed by atoms with Gasteiger partial charge >= 0.3 is 6.18 Å². The number of allylic oxidation sites excluding steroid dienone is 6. The molecule has 0 saturated heterocycles. The molecule has 7 heteroatoms. The van der Waals surface area contributed by atoms with Crippen LogP contribution < -0.4 is 4.90 Å². The zero-order valence-corrected chi connectivity index (χ0v) is 17.5. The van der Waals surface area contributed by atoms with Crippen LogP contribution in [-0.4, -0.2) is 28.0 Å². The van der Waals surface area contributed by atoms with Gasteiger partial charge in [-0.05, 0) is 50.5 Å². The van der Waals surface area contributed by atoms with Crippen LogP contribution in [0.1, 0.15) is 50.5 Å². The van der Waals surface area contributed by atoms with E-state index in [1.54, 1.807) is 32.2 Å². The molecule has 0 bridgehead atoms. The number of pyridine rings is 1. The highest BCUT2D eigenvalue weighted by Crippen LogP contribution is 2.35. The molecular formula is C23H27F3N4. The van der Waals surface area contributed by atoms with Crippen molar-refractivity contribution < 1.29 is 13.2 Å². The summed E-state index contributed by atoms with van der Waals surface area (Å²) >= 11 is 0. The highest BCUT2D eigenvalue weighted by molar-refractivity contribution is 5.74. The molecule has 0 N–H and O–H groups in total. The van der Waals surface area contributed by atoms with Gasteiger partial charge in [-0.1, -0.05) is 31.2 Å². The van der Waals surface area contributed by atoms with Crippen LogP contribution in [0.4, 0.5) is 19.0 Å². The third kappa shape index (κ3) is 4.83. The minimum Gasteiger partial charge on any atom is -0.351 e. The Kier molecular flexibility index (Phi) is 6.80. The minimum atomic E-state index is -4.40. The van der Waals surface area contributed by atoms with Gasteiger partial charge in [0, 0.05) is 25.4 Å². The van der Waals surface area contributed by atoms with Crippen molar-refractivity contribution in [2.75, 3.05) is 11.9 Å². The largest absolute Gasteiger partial charge is 0.416 e. The first-order valence-corrected chi connectivity index (χ1v) is 10.2. The molecule has 0 amide bonds. The predicted molar refractivity (Wildman–Crippen MR) is 114 cm³/mol. The fourth-order valence-electron chi connectivity index (χ4n) is 3.75. The van der Waals surface area contributed by atoms with Gasteiger partial charge in [0.05, 0.1) is 23.0 Å². The summed E-state index contributed by atoms with van der Waals surface area (Å²) < 4.78 is 42.2. The highest BCUT2D eigenvalue weighted by atomic mass is 19.4. The van der Waals surface area contributed by atoms with Crippen molar-refractivity contribution in [2.45, 2.75) is 51.9 Å². The number of nitrogens with zero attached hydrogens (tertiary/aromatic N) is 4. The maximum Gasteiger partial charge on any atom is 0.416 e. The number of rotatable bonds is 6. The van der Waals surface area contributed by atoms with Crippen LogP contribution in [0, 0.1) is 0 Å². The number of alkyl halides is 3. The molecule has 1 aliphatic rings. The molecule has 0 aliphatic carbocycles. The Balaban J connectivity index is 2.00. The number of aryl methyl sites for hydroxylation is 1. The molecule has 1 aliphatic heterocycles. The van der Waals surface area contributed by atoms with E-state index in [1.165, 1.54) is 12.2 Å². The molecule has 1 atom stereocenters. The third-order valence-corrected chi connectivity index (χ3v) is 5.18. The Morgan fingerprint density at radius 2 is 2.13 bits per heavy atom. The van der Waals surface area contributed by atoms with Crippen LogP contribution >= 0.6 is 0 Å². The molecule has 0 saturated carbocycles. The molecule has 30 heavy (non-hydrogen) atoms. The lowest BCUT2D eigenvalue weighted by Gasteiger charge is -2.32. The van der Waals surface area contributed by atoms with E-state index < -0.39 is 11.7 Å². The zero-order chi connectivity index (χ0) is 21.7. The van der Waals surface area contributed by atoms with E-state index in [1.807, 2.05) is 36.0 Å². The van der Waals surface area contributed by atoms with Crippen molar-refractivity contribution in [3.8, 4) is 0 Å². The monoisotopic (exact) mass is 416 g/mol. The Labute approximate surface area is 175 Å². The Bertz CT molecular complexity index is 939. The molecule has 0 spiro atoms. The molecule has 3 rings (SSSR count). The van der Waals surface area contributed by atoms with E-state index in [0.29, 0.717) is 17.7 Å². The lowest BCUT2D eigenvalue weighted by molar-refractivity contribution is -0.0883. The van der Waals surface area contributed by atoms with Crippen molar-refractivity contribution in [1.29, 1.82) is 0 Å². The van der Waals surface area contributed by atoms with Gasteiger partial charge in [-0.3, -0.25) is 4.68 Å². The van der Waals surface area contributed by atoms with Gasteiger partial charge in [0.2, 0.25) is 0 Å². The first-order chi connectivity index (χ1) is 14.3. The van der Waals surface area contributed by atoms with Crippen molar-refractivity contribution in [1.82, 2.24) is 14.8 Å². The fraction of sp³-hybridized carbons (Fsp3) is 0.391. The summed E-state index contributed by atoms with van der Waals surface area (Å²) in [5.41, 5.74) is 1.35. The number of halogens is 3. The molecule has 3 heterocycles. The molecule has 4 nitrogen and oxygen atoms in total. The summed E-state index contributed by atoms with van der Waals surface area (Å²) in [5, 5.41) is 4.65. The van der Waals surface area contributed by atoms with E-state index in [2.05, 4.69) is 15.0 Å². The number of fused-ring (bicyclic) bond motifs is 1. The fourth-order valence-corrected chi connectivity index (χ4v) is 3.75. The maximum absolute atomic E-state index is 13.4. The Morgan fingerprint density at radius 1 is 1.33 bits per heavy atom. The summed E-state index contributed by atoms with van der Waals surface area (Å²) in [5.74, 6) is 0.855. The summed E-state index contributed by atoms with van der Waals surface area (Å²) in [6.45, 7) is 4.24. The summed E-state index contributed by atoms with van der Waals surface area (Å²) in [6, 6.07) is 7.74. The van der Waals surface area contributed by atoms with Crippen molar-refractivity contribution >= 4 is 11.4 Å². The maximum atomic E-state index is 13.4. The van der Waals surface area contributed by atoms with Gasteiger partial charge in [0.25, 0.3) is 0 Å². The SMILES string of the molecule is C\C=C/C(=C\C(=C\CC)C(F)(F)F)c1cc2n(n1)CCCC2N(C)c1ccccn1. The van der Waals surface area contributed by atoms with Crippen LogP contribution in [0.5, 0.6) is 0 Å². The minimum absolute atomic E-state index is 0.0648. The quantitative estimate of drug-likeness (QED) is 0.533. The van der Waals surface area contributed by atoms with Gasteiger partial charge < -0.3 is 4.90 Å². The molecule has 0 aromatic carbocycles. The number of hydrogen-bond donors (Lipinski definition) is 0. The van der Waals surface area contributed by atoms with Crippen molar-refractivity contribution in [3.05, 3.63) is 71.7 Å². The third-order valence-electron chi connectivity index (χ3n) is 5.18. The highest BCUT2D eigenvalue weighted by Gasteiger charge is 2.32. The van der Waals surface area contributed by atoms with Crippen LogP contribution in [0.3, 0.4) is 0 Å². The molecular weight excluding hydrogens is 389 g/mol. The molecule has 2 aromatic heterocycles. The number of aromatic nitrogens is 3. The van der Waals surface area contributed by atoms with E-state index in [0.717, 1.165) is 30.9 Å².